The number of amides is 1. The summed E-state index contributed by atoms with van der Waals surface area (Å²) in [6.45, 7) is 5.85. The highest BCUT2D eigenvalue weighted by Crippen LogP contribution is 2.14. The Morgan fingerprint density at radius 3 is 2.23 bits per heavy atom. The summed E-state index contributed by atoms with van der Waals surface area (Å²) < 4.78 is 5.19. The highest BCUT2D eigenvalue weighted by Gasteiger charge is 2.28. The van der Waals surface area contributed by atoms with Gasteiger partial charge in [-0.3, -0.25) is 4.79 Å². The van der Waals surface area contributed by atoms with Gasteiger partial charge in [0.1, 0.15) is 6.10 Å². The zero-order valence-electron chi connectivity index (χ0n) is 8.75. The highest BCUT2D eigenvalue weighted by molar-refractivity contribution is 5.81. The van der Waals surface area contributed by atoms with E-state index in [1.54, 1.807) is 7.11 Å². The van der Waals surface area contributed by atoms with E-state index in [0.29, 0.717) is 0 Å². The third-order valence-corrected chi connectivity index (χ3v) is 2.52. The SMILES string of the molecule is COC(C(=O)N1CCCC1)C(C)C. The number of methoxy groups -OCH3 is 1. The molecule has 0 spiro atoms. The van der Waals surface area contributed by atoms with Gasteiger partial charge in [0.05, 0.1) is 0 Å². The summed E-state index contributed by atoms with van der Waals surface area (Å²) in [6, 6.07) is 0. The second kappa shape index (κ2) is 4.61. The minimum absolute atomic E-state index is 0.162. The second-order valence-corrected chi connectivity index (χ2v) is 3.93. The second-order valence-electron chi connectivity index (χ2n) is 3.93. The maximum atomic E-state index is 11.8. The van der Waals surface area contributed by atoms with E-state index in [-0.39, 0.29) is 17.9 Å². The molecule has 0 aromatic carbocycles. The van der Waals surface area contributed by atoms with Crippen LogP contribution in [0.4, 0.5) is 0 Å². The quantitative estimate of drug-likeness (QED) is 0.663. The molecule has 3 heteroatoms. The largest absolute Gasteiger partial charge is 0.371 e. The number of ether oxygens (including phenoxy) is 1. The van der Waals surface area contributed by atoms with E-state index in [0.717, 1.165) is 25.9 Å². The molecule has 1 atom stereocenters. The van der Waals surface area contributed by atoms with Gasteiger partial charge in [-0.25, -0.2) is 0 Å². The Bertz CT molecular complexity index is 174. The van der Waals surface area contributed by atoms with E-state index >= 15 is 0 Å². The van der Waals surface area contributed by atoms with Crippen LogP contribution in [-0.2, 0) is 9.53 Å². The van der Waals surface area contributed by atoms with Gasteiger partial charge in [-0.15, -0.1) is 0 Å². The van der Waals surface area contributed by atoms with Crippen LogP contribution in [0.3, 0.4) is 0 Å². The van der Waals surface area contributed by atoms with E-state index in [4.69, 9.17) is 4.74 Å². The van der Waals surface area contributed by atoms with E-state index < -0.39 is 0 Å². The third kappa shape index (κ3) is 2.44. The van der Waals surface area contributed by atoms with E-state index in [9.17, 15) is 4.79 Å². The Balaban J connectivity index is 2.52. The average Bonchev–Trinajstić information content (AvgIpc) is 2.56. The molecular weight excluding hydrogens is 166 g/mol. The van der Waals surface area contributed by atoms with E-state index in [2.05, 4.69) is 0 Å². The lowest BCUT2D eigenvalue weighted by atomic mass is 10.1. The molecule has 0 aliphatic carbocycles. The molecule has 1 aliphatic rings. The minimum atomic E-state index is -0.252. The van der Waals surface area contributed by atoms with Crippen molar-refractivity contribution in [1.29, 1.82) is 0 Å². The van der Waals surface area contributed by atoms with E-state index in [1.807, 2.05) is 18.7 Å². The molecule has 0 saturated carbocycles. The summed E-state index contributed by atoms with van der Waals surface area (Å²) in [4.78, 5) is 13.7. The summed E-state index contributed by atoms with van der Waals surface area (Å²) in [5.74, 6) is 0.424. The van der Waals surface area contributed by atoms with Gasteiger partial charge in [0, 0.05) is 20.2 Å². The van der Waals surface area contributed by atoms with Gasteiger partial charge < -0.3 is 9.64 Å². The van der Waals surface area contributed by atoms with Crippen molar-refractivity contribution in [2.24, 2.45) is 5.92 Å². The standard InChI is InChI=1S/C10H19NO2/c1-8(2)9(13-3)10(12)11-6-4-5-7-11/h8-9H,4-7H2,1-3H3. The molecule has 1 aliphatic heterocycles. The van der Waals surface area contributed by atoms with Crippen molar-refractivity contribution in [1.82, 2.24) is 4.90 Å². The van der Waals surface area contributed by atoms with E-state index in [1.165, 1.54) is 0 Å². The first-order valence-corrected chi connectivity index (χ1v) is 4.98. The Morgan fingerprint density at radius 1 is 1.31 bits per heavy atom. The van der Waals surface area contributed by atoms with Crippen molar-refractivity contribution >= 4 is 5.91 Å². The van der Waals surface area contributed by atoms with Crippen molar-refractivity contribution < 1.29 is 9.53 Å². The highest BCUT2D eigenvalue weighted by atomic mass is 16.5. The molecule has 13 heavy (non-hydrogen) atoms. The zero-order valence-corrected chi connectivity index (χ0v) is 8.75. The van der Waals surface area contributed by atoms with Crippen LogP contribution in [0.15, 0.2) is 0 Å². The molecule has 0 radical (unpaired) electrons. The fourth-order valence-corrected chi connectivity index (χ4v) is 1.78. The number of carbonyl (C=O) groups is 1. The van der Waals surface area contributed by atoms with Crippen LogP contribution in [0.2, 0.25) is 0 Å². The molecule has 1 amide bonds. The molecule has 76 valence electrons. The van der Waals surface area contributed by atoms with Gasteiger partial charge in [-0.1, -0.05) is 13.8 Å². The molecule has 1 unspecified atom stereocenters. The predicted molar refractivity (Wildman–Crippen MR) is 51.4 cm³/mol. The smallest absolute Gasteiger partial charge is 0.251 e. The first kappa shape index (κ1) is 10.5. The Morgan fingerprint density at radius 2 is 1.85 bits per heavy atom. The molecule has 3 nitrogen and oxygen atoms in total. The number of likely N-dealkylation sites (tertiary alicyclic amines) is 1. The molecule has 1 saturated heterocycles. The first-order valence-electron chi connectivity index (χ1n) is 4.98. The van der Waals surface area contributed by atoms with Crippen LogP contribution in [0.25, 0.3) is 0 Å². The van der Waals surface area contributed by atoms with Crippen LogP contribution in [0.1, 0.15) is 26.7 Å². The van der Waals surface area contributed by atoms with Gasteiger partial charge in [0.2, 0.25) is 0 Å². The predicted octanol–water partition coefficient (Wildman–Crippen LogP) is 1.28. The molecule has 0 aromatic heterocycles. The lowest BCUT2D eigenvalue weighted by molar-refractivity contribution is -0.143. The first-order chi connectivity index (χ1) is 6.16. The summed E-state index contributed by atoms with van der Waals surface area (Å²) in [5.41, 5.74) is 0. The van der Waals surface area contributed by atoms with Gasteiger partial charge >= 0.3 is 0 Å². The van der Waals surface area contributed by atoms with Gasteiger partial charge in [-0.2, -0.15) is 0 Å². The Kier molecular flexibility index (Phi) is 3.72. The lowest BCUT2D eigenvalue weighted by Gasteiger charge is -2.24. The van der Waals surface area contributed by atoms with Crippen molar-refractivity contribution in [2.75, 3.05) is 20.2 Å². The van der Waals surface area contributed by atoms with Crippen molar-refractivity contribution in [3.8, 4) is 0 Å². The lowest BCUT2D eigenvalue weighted by Crippen LogP contribution is -2.40. The van der Waals surface area contributed by atoms with Crippen molar-refractivity contribution in [3.05, 3.63) is 0 Å². The minimum Gasteiger partial charge on any atom is -0.371 e. The van der Waals surface area contributed by atoms with Crippen molar-refractivity contribution in [3.63, 3.8) is 0 Å². The number of hydrogen-bond donors (Lipinski definition) is 0. The summed E-state index contributed by atoms with van der Waals surface area (Å²) in [7, 11) is 1.61. The van der Waals surface area contributed by atoms with Gasteiger partial charge in [-0.05, 0) is 18.8 Å². The Labute approximate surface area is 80.1 Å². The maximum absolute atomic E-state index is 11.8. The van der Waals surface area contributed by atoms with Crippen LogP contribution >= 0.6 is 0 Å². The maximum Gasteiger partial charge on any atom is 0.251 e. The van der Waals surface area contributed by atoms with Crippen LogP contribution in [-0.4, -0.2) is 37.1 Å². The molecule has 0 aromatic rings. The van der Waals surface area contributed by atoms with Crippen LogP contribution in [0.5, 0.6) is 0 Å². The Hall–Kier alpha value is -0.570. The fourth-order valence-electron chi connectivity index (χ4n) is 1.78. The number of carbonyl (C=O) groups excluding carboxylic acids is 1. The monoisotopic (exact) mass is 185 g/mol. The normalized spacial score (nSPS) is 19.5. The average molecular weight is 185 g/mol. The summed E-state index contributed by atoms with van der Waals surface area (Å²) in [5, 5.41) is 0. The zero-order chi connectivity index (χ0) is 9.84. The molecule has 0 N–H and O–H groups in total. The molecular formula is C10H19NO2. The molecule has 1 fully saturated rings. The van der Waals surface area contributed by atoms with Gasteiger partial charge in [0.15, 0.2) is 0 Å². The van der Waals surface area contributed by atoms with Gasteiger partial charge in [0.25, 0.3) is 5.91 Å². The molecule has 0 bridgehead atoms. The molecule has 1 heterocycles. The van der Waals surface area contributed by atoms with Crippen LogP contribution < -0.4 is 0 Å². The number of rotatable bonds is 3. The van der Waals surface area contributed by atoms with Crippen molar-refractivity contribution in [2.45, 2.75) is 32.8 Å². The number of hydrogen-bond acceptors (Lipinski definition) is 2. The number of nitrogens with zero attached hydrogens (tertiary/aromatic N) is 1. The van der Waals surface area contributed by atoms with Crippen LogP contribution in [0, 0.1) is 5.92 Å². The summed E-state index contributed by atoms with van der Waals surface area (Å²) in [6.07, 6.45) is 2.03. The third-order valence-electron chi connectivity index (χ3n) is 2.52. The topological polar surface area (TPSA) is 29.5 Å². The summed E-state index contributed by atoms with van der Waals surface area (Å²) >= 11 is 0. The molecule has 1 rings (SSSR count). The fraction of sp³-hybridized carbons (Fsp3) is 0.900.